The molecule has 0 spiro atoms. The molecule has 0 saturated carbocycles. The quantitative estimate of drug-likeness (QED) is 0.427. The molecule has 1 heterocycles. The fourth-order valence-corrected chi connectivity index (χ4v) is 2.76. The summed E-state index contributed by atoms with van der Waals surface area (Å²) in [5, 5.41) is 28.4. The van der Waals surface area contributed by atoms with Crippen molar-refractivity contribution in [2.24, 2.45) is 0 Å². The van der Waals surface area contributed by atoms with Crippen molar-refractivity contribution in [3.8, 4) is 0 Å². The third kappa shape index (κ3) is 6.09. The van der Waals surface area contributed by atoms with Gasteiger partial charge in [-0.1, -0.05) is 15.9 Å². The normalized spacial score (nSPS) is 11.6. The zero-order valence-electron chi connectivity index (χ0n) is 13.0. The summed E-state index contributed by atoms with van der Waals surface area (Å²) in [5.74, 6) is -0.725. The highest BCUT2D eigenvalue weighted by atomic mass is 79.9. The van der Waals surface area contributed by atoms with Gasteiger partial charge in [0.1, 0.15) is 0 Å². The van der Waals surface area contributed by atoms with Gasteiger partial charge in [0.25, 0.3) is 5.91 Å². The molecule has 5 N–H and O–H groups in total. The number of rotatable bonds is 8. The highest BCUT2D eigenvalue weighted by Crippen LogP contribution is 2.21. The van der Waals surface area contributed by atoms with Gasteiger partial charge >= 0.3 is 0 Å². The van der Waals surface area contributed by atoms with Gasteiger partial charge in [-0.3, -0.25) is 9.59 Å². The number of hydrogen-bond acceptors (Lipinski definition) is 7. The lowest BCUT2D eigenvalue weighted by atomic mass is 10.1. The van der Waals surface area contributed by atoms with Crippen LogP contribution in [0, 0.1) is 0 Å². The Labute approximate surface area is 156 Å². The van der Waals surface area contributed by atoms with Crippen LogP contribution in [0.3, 0.4) is 0 Å². The Bertz CT molecular complexity index is 726. The van der Waals surface area contributed by atoms with Crippen LogP contribution in [0.5, 0.6) is 0 Å². The first kappa shape index (κ1) is 19.3. The maximum absolute atomic E-state index is 12.3. The van der Waals surface area contributed by atoms with Gasteiger partial charge < -0.3 is 26.2 Å². The number of aromatic nitrogens is 1. The van der Waals surface area contributed by atoms with Crippen molar-refractivity contribution in [2.75, 3.05) is 30.3 Å². The van der Waals surface area contributed by atoms with Crippen molar-refractivity contribution >= 4 is 49.9 Å². The third-order valence-corrected chi connectivity index (χ3v) is 4.24. The summed E-state index contributed by atoms with van der Waals surface area (Å²) < 4.78 is 0.693. The van der Waals surface area contributed by atoms with Crippen LogP contribution in [-0.2, 0) is 4.79 Å². The number of carbonyl (C=O) groups excluding carboxylic acids is 2. The number of aliphatic hydroxyl groups excluding tert-OH is 2. The van der Waals surface area contributed by atoms with E-state index in [4.69, 9.17) is 5.11 Å². The second-order valence-electron chi connectivity index (χ2n) is 4.98. The van der Waals surface area contributed by atoms with Crippen LogP contribution in [-0.4, -0.2) is 52.8 Å². The smallest absolute Gasteiger partial charge is 0.253 e. The second-order valence-corrected chi connectivity index (χ2v) is 6.79. The lowest BCUT2D eigenvalue weighted by Gasteiger charge is -2.14. The molecular formula is C15H17BrN4O4S. The van der Waals surface area contributed by atoms with Gasteiger partial charge in [0, 0.05) is 28.3 Å². The Morgan fingerprint density at radius 2 is 2.16 bits per heavy atom. The van der Waals surface area contributed by atoms with E-state index in [0.29, 0.717) is 20.9 Å². The number of anilines is 2. The molecule has 2 aromatic rings. The number of nitrogens with zero attached hydrogens (tertiary/aromatic N) is 1. The molecule has 0 aliphatic heterocycles. The monoisotopic (exact) mass is 428 g/mol. The van der Waals surface area contributed by atoms with Crippen LogP contribution in [0.15, 0.2) is 34.2 Å². The van der Waals surface area contributed by atoms with Gasteiger partial charge in [0.2, 0.25) is 5.91 Å². The number of nitrogens with one attached hydrogen (secondary N) is 3. The van der Waals surface area contributed by atoms with Crippen molar-refractivity contribution in [2.45, 2.75) is 6.10 Å². The maximum atomic E-state index is 12.3. The fraction of sp³-hybridized carbons (Fsp3) is 0.267. The highest BCUT2D eigenvalue weighted by Gasteiger charge is 2.14. The topological polar surface area (TPSA) is 124 Å². The largest absolute Gasteiger partial charge is 0.394 e. The molecule has 1 unspecified atom stereocenters. The Kier molecular flexibility index (Phi) is 7.31. The molecular weight excluding hydrogens is 412 g/mol. The zero-order chi connectivity index (χ0) is 18.2. The van der Waals surface area contributed by atoms with Gasteiger partial charge in [0.05, 0.1) is 24.8 Å². The first-order valence-electron chi connectivity index (χ1n) is 7.29. The molecule has 25 heavy (non-hydrogen) atoms. The molecule has 1 atom stereocenters. The second kappa shape index (κ2) is 9.47. The van der Waals surface area contributed by atoms with Gasteiger partial charge in [-0.05, 0) is 18.2 Å². The van der Waals surface area contributed by atoms with Crippen LogP contribution in [0.1, 0.15) is 10.4 Å². The van der Waals surface area contributed by atoms with Gasteiger partial charge in [-0.25, -0.2) is 4.98 Å². The molecule has 0 aliphatic rings. The predicted molar refractivity (Wildman–Crippen MR) is 98.8 cm³/mol. The Morgan fingerprint density at radius 1 is 1.36 bits per heavy atom. The summed E-state index contributed by atoms with van der Waals surface area (Å²) >= 11 is 4.60. The molecule has 10 heteroatoms. The van der Waals surface area contributed by atoms with Crippen molar-refractivity contribution in [3.63, 3.8) is 0 Å². The van der Waals surface area contributed by atoms with E-state index in [1.807, 2.05) is 0 Å². The number of thiazole rings is 1. The summed E-state index contributed by atoms with van der Waals surface area (Å²) in [7, 11) is 0. The Balaban J connectivity index is 1.99. The van der Waals surface area contributed by atoms with E-state index in [2.05, 4.69) is 36.9 Å². The SMILES string of the molecule is O=C(CNc1ccc(Br)cc1C(=O)NCC(O)CO)Nc1nccs1. The third-order valence-electron chi connectivity index (χ3n) is 3.05. The summed E-state index contributed by atoms with van der Waals surface area (Å²) in [5.41, 5.74) is 0.773. The zero-order valence-corrected chi connectivity index (χ0v) is 15.4. The van der Waals surface area contributed by atoms with Crippen molar-refractivity contribution in [1.82, 2.24) is 10.3 Å². The molecule has 0 bridgehead atoms. The van der Waals surface area contributed by atoms with E-state index < -0.39 is 18.6 Å². The predicted octanol–water partition coefficient (Wildman–Crippen LogP) is 1.04. The summed E-state index contributed by atoms with van der Waals surface area (Å²) in [6, 6.07) is 5.00. The van der Waals surface area contributed by atoms with Crippen molar-refractivity contribution in [3.05, 3.63) is 39.8 Å². The molecule has 1 aromatic carbocycles. The lowest BCUT2D eigenvalue weighted by molar-refractivity contribution is -0.114. The van der Waals surface area contributed by atoms with E-state index >= 15 is 0 Å². The van der Waals surface area contributed by atoms with Crippen LogP contribution < -0.4 is 16.0 Å². The number of hydrogen-bond donors (Lipinski definition) is 5. The minimum Gasteiger partial charge on any atom is -0.394 e. The molecule has 0 saturated heterocycles. The lowest BCUT2D eigenvalue weighted by Crippen LogP contribution is -2.34. The van der Waals surface area contributed by atoms with Crippen LogP contribution in [0.2, 0.25) is 0 Å². The maximum Gasteiger partial charge on any atom is 0.253 e. The first-order valence-corrected chi connectivity index (χ1v) is 8.96. The van der Waals surface area contributed by atoms with E-state index in [-0.39, 0.29) is 19.0 Å². The Hall–Kier alpha value is -2.01. The summed E-state index contributed by atoms with van der Waals surface area (Å²) in [6.07, 6.45) is 0.558. The molecule has 0 radical (unpaired) electrons. The van der Waals surface area contributed by atoms with Gasteiger partial charge in [-0.2, -0.15) is 0 Å². The van der Waals surface area contributed by atoms with Crippen LogP contribution >= 0.6 is 27.3 Å². The molecule has 8 nitrogen and oxygen atoms in total. The van der Waals surface area contributed by atoms with Gasteiger partial charge in [-0.15, -0.1) is 11.3 Å². The summed E-state index contributed by atoms with van der Waals surface area (Å²) in [4.78, 5) is 28.1. The van der Waals surface area contributed by atoms with E-state index in [1.54, 1.807) is 29.8 Å². The number of aliphatic hydroxyl groups is 2. The minimum atomic E-state index is -1.03. The Morgan fingerprint density at radius 3 is 2.84 bits per heavy atom. The van der Waals surface area contributed by atoms with E-state index in [9.17, 15) is 14.7 Å². The average molecular weight is 429 g/mol. The fourth-order valence-electron chi connectivity index (χ4n) is 1.85. The van der Waals surface area contributed by atoms with Gasteiger partial charge in [0.15, 0.2) is 5.13 Å². The first-order chi connectivity index (χ1) is 12.0. The molecule has 2 rings (SSSR count). The molecule has 0 aliphatic carbocycles. The average Bonchev–Trinajstić information content (AvgIpc) is 3.11. The number of benzene rings is 1. The van der Waals surface area contributed by atoms with Crippen LogP contribution in [0.4, 0.5) is 10.8 Å². The number of halogens is 1. The molecule has 2 amide bonds. The van der Waals surface area contributed by atoms with E-state index in [0.717, 1.165) is 0 Å². The molecule has 0 fully saturated rings. The van der Waals surface area contributed by atoms with E-state index in [1.165, 1.54) is 11.3 Å². The number of carbonyl (C=O) groups is 2. The minimum absolute atomic E-state index is 0.0409. The van der Waals surface area contributed by atoms with Crippen molar-refractivity contribution in [1.29, 1.82) is 0 Å². The summed E-state index contributed by atoms with van der Waals surface area (Å²) in [6.45, 7) is -0.562. The molecule has 1 aromatic heterocycles. The standard InChI is InChI=1S/C15H17BrN4O4S/c16-9-1-2-12(11(5-9)14(24)19-6-10(22)8-21)18-7-13(23)20-15-17-3-4-25-15/h1-5,10,18,21-22H,6-8H2,(H,19,24)(H,17,20,23). The number of amides is 2. The highest BCUT2D eigenvalue weighted by molar-refractivity contribution is 9.10. The molecule has 134 valence electrons. The van der Waals surface area contributed by atoms with Crippen LogP contribution in [0.25, 0.3) is 0 Å². The van der Waals surface area contributed by atoms with Crippen molar-refractivity contribution < 1.29 is 19.8 Å².